The van der Waals surface area contributed by atoms with Crippen LogP contribution in [0.5, 0.6) is 5.75 Å². The van der Waals surface area contributed by atoms with Crippen LogP contribution >= 0.6 is 12.2 Å². The zero-order valence-electron chi connectivity index (χ0n) is 17.4. The highest BCUT2D eigenvalue weighted by molar-refractivity contribution is 7.80. The van der Waals surface area contributed by atoms with Gasteiger partial charge in [0, 0.05) is 0 Å². The molecule has 0 spiro atoms. The fourth-order valence-corrected chi connectivity index (χ4v) is 4.25. The van der Waals surface area contributed by atoms with E-state index in [9.17, 15) is 0 Å². The number of aliphatic imine (C=N–C) groups is 1. The van der Waals surface area contributed by atoms with Crippen LogP contribution in [0.25, 0.3) is 0 Å². The monoisotopic (exact) mass is 415 g/mol. The third kappa shape index (κ3) is 3.68. The Bertz CT molecular complexity index is 1020. The minimum Gasteiger partial charge on any atom is -0.495 e. The third-order valence-corrected chi connectivity index (χ3v) is 5.67. The van der Waals surface area contributed by atoms with Gasteiger partial charge in [0.05, 0.1) is 18.3 Å². The molecule has 1 N–H and O–H groups in total. The van der Waals surface area contributed by atoms with Crippen LogP contribution in [0.2, 0.25) is 0 Å². The number of para-hydroxylation sites is 2. The topological polar surface area (TPSA) is 36.9 Å². The Morgan fingerprint density at radius 1 is 0.867 bits per heavy atom. The second-order valence-electron chi connectivity index (χ2n) is 7.70. The maximum absolute atomic E-state index is 5.72. The molecule has 1 aliphatic heterocycles. The maximum atomic E-state index is 5.72. The van der Waals surface area contributed by atoms with Gasteiger partial charge in [0.1, 0.15) is 17.6 Å². The van der Waals surface area contributed by atoms with Crippen molar-refractivity contribution in [2.45, 2.75) is 25.4 Å². The molecule has 4 nitrogen and oxygen atoms in total. The molecule has 5 heteroatoms. The van der Waals surface area contributed by atoms with E-state index in [1.165, 1.54) is 0 Å². The standard InChI is InChI=1S/C25H25N3OS/c1-25(2)23(27-24(30)28(25)20-16-10-11-17-21(20)29-3)26-22(18-12-6-4-7-13-18)19-14-8-5-9-15-19/h4-17,22H,1-3H3,(H,26,27,30). The molecule has 0 bridgehead atoms. The van der Waals surface area contributed by atoms with E-state index in [4.69, 9.17) is 21.9 Å². The van der Waals surface area contributed by atoms with Gasteiger partial charge in [0.25, 0.3) is 0 Å². The van der Waals surface area contributed by atoms with Crippen LogP contribution in [-0.4, -0.2) is 23.6 Å². The van der Waals surface area contributed by atoms with Crippen molar-refractivity contribution in [2.75, 3.05) is 12.0 Å². The number of hydrogen-bond acceptors (Lipinski definition) is 3. The number of benzene rings is 3. The molecule has 1 heterocycles. The molecule has 3 aromatic carbocycles. The molecule has 0 unspecified atom stereocenters. The Morgan fingerprint density at radius 3 is 1.97 bits per heavy atom. The lowest BCUT2D eigenvalue weighted by atomic mass is 9.97. The quantitative estimate of drug-likeness (QED) is 0.570. The molecule has 0 radical (unpaired) electrons. The van der Waals surface area contributed by atoms with Crippen LogP contribution in [0.1, 0.15) is 31.0 Å². The zero-order chi connectivity index (χ0) is 21.1. The number of rotatable bonds is 5. The van der Waals surface area contributed by atoms with E-state index in [-0.39, 0.29) is 6.04 Å². The summed E-state index contributed by atoms with van der Waals surface area (Å²) in [6.45, 7) is 4.25. The van der Waals surface area contributed by atoms with Crippen LogP contribution in [-0.2, 0) is 0 Å². The number of thiocarbonyl (C=S) groups is 1. The molecule has 0 aliphatic carbocycles. The van der Waals surface area contributed by atoms with Crippen LogP contribution in [0.15, 0.2) is 89.9 Å². The third-order valence-electron chi connectivity index (χ3n) is 5.38. The normalized spacial score (nSPS) is 16.7. The zero-order valence-corrected chi connectivity index (χ0v) is 18.2. The predicted octanol–water partition coefficient (Wildman–Crippen LogP) is 5.36. The Morgan fingerprint density at radius 2 is 1.40 bits per heavy atom. The second kappa shape index (κ2) is 8.28. The van der Waals surface area contributed by atoms with E-state index in [1.807, 2.05) is 60.7 Å². The van der Waals surface area contributed by atoms with E-state index in [1.54, 1.807) is 7.11 Å². The highest BCUT2D eigenvalue weighted by Gasteiger charge is 2.43. The smallest absolute Gasteiger partial charge is 0.179 e. The first kappa shape index (κ1) is 20.1. The Balaban J connectivity index is 1.79. The lowest BCUT2D eigenvalue weighted by Crippen LogP contribution is -2.44. The summed E-state index contributed by atoms with van der Waals surface area (Å²) in [5.41, 5.74) is 2.72. The minimum atomic E-state index is -0.465. The summed E-state index contributed by atoms with van der Waals surface area (Å²) in [5.74, 6) is 1.61. The first-order chi connectivity index (χ1) is 14.5. The van der Waals surface area contributed by atoms with Crippen molar-refractivity contribution in [1.29, 1.82) is 0 Å². The number of anilines is 1. The van der Waals surface area contributed by atoms with Crippen molar-refractivity contribution in [1.82, 2.24) is 5.32 Å². The summed E-state index contributed by atoms with van der Waals surface area (Å²) >= 11 is 5.72. The molecular weight excluding hydrogens is 390 g/mol. The number of methoxy groups -OCH3 is 1. The van der Waals surface area contributed by atoms with Crippen molar-refractivity contribution in [2.24, 2.45) is 4.99 Å². The van der Waals surface area contributed by atoms with E-state index < -0.39 is 5.54 Å². The SMILES string of the molecule is COc1ccccc1N1C(=S)NC(=NC(c2ccccc2)c2ccccc2)C1(C)C. The molecule has 30 heavy (non-hydrogen) atoms. The number of amidine groups is 1. The van der Waals surface area contributed by atoms with Crippen LogP contribution < -0.4 is 15.0 Å². The first-order valence-corrected chi connectivity index (χ1v) is 10.4. The molecule has 0 atom stereocenters. The molecule has 1 fully saturated rings. The largest absolute Gasteiger partial charge is 0.495 e. The van der Waals surface area contributed by atoms with Crippen LogP contribution in [0.3, 0.4) is 0 Å². The summed E-state index contributed by atoms with van der Waals surface area (Å²) in [4.78, 5) is 7.26. The fraction of sp³-hybridized carbons (Fsp3) is 0.200. The molecule has 1 saturated heterocycles. The Hall–Kier alpha value is -3.18. The molecule has 0 aromatic heterocycles. The summed E-state index contributed by atoms with van der Waals surface area (Å²) in [6, 6.07) is 28.5. The van der Waals surface area contributed by atoms with Crippen molar-refractivity contribution in [3.8, 4) is 5.75 Å². The van der Waals surface area contributed by atoms with Gasteiger partial charge in [-0.3, -0.25) is 4.99 Å². The van der Waals surface area contributed by atoms with Crippen molar-refractivity contribution < 1.29 is 4.74 Å². The predicted molar refractivity (Wildman–Crippen MR) is 127 cm³/mol. The number of ether oxygens (including phenoxy) is 1. The lowest BCUT2D eigenvalue weighted by Gasteiger charge is -2.32. The number of nitrogens with one attached hydrogen (secondary N) is 1. The van der Waals surface area contributed by atoms with Crippen molar-refractivity contribution >= 4 is 28.9 Å². The van der Waals surface area contributed by atoms with E-state index in [2.05, 4.69) is 48.3 Å². The van der Waals surface area contributed by atoms with Gasteiger partial charge in [-0.15, -0.1) is 0 Å². The van der Waals surface area contributed by atoms with Gasteiger partial charge in [0.15, 0.2) is 5.11 Å². The molecule has 3 aromatic rings. The summed E-state index contributed by atoms with van der Waals surface area (Å²) in [7, 11) is 1.67. The van der Waals surface area contributed by atoms with Gasteiger partial charge < -0.3 is 15.0 Å². The van der Waals surface area contributed by atoms with Gasteiger partial charge in [-0.1, -0.05) is 72.8 Å². The number of hydrogen-bond donors (Lipinski definition) is 1. The Labute approximate surface area is 183 Å². The minimum absolute atomic E-state index is 0.130. The van der Waals surface area contributed by atoms with Crippen LogP contribution in [0, 0.1) is 0 Å². The summed E-state index contributed by atoms with van der Waals surface area (Å²) in [6.07, 6.45) is 0. The summed E-state index contributed by atoms with van der Waals surface area (Å²) in [5, 5.41) is 3.98. The fourth-order valence-electron chi connectivity index (χ4n) is 3.83. The highest BCUT2D eigenvalue weighted by atomic mass is 32.1. The van der Waals surface area contributed by atoms with Crippen molar-refractivity contribution in [3.63, 3.8) is 0 Å². The molecule has 4 rings (SSSR count). The maximum Gasteiger partial charge on any atom is 0.179 e. The molecule has 1 aliphatic rings. The lowest BCUT2D eigenvalue weighted by molar-refractivity contribution is 0.414. The molecule has 0 amide bonds. The van der Waals surface area contributed by atoms with Gasteiger partial charge in [0.2, 0.25) is 0 Å². The highest BCUT2D eigenvalue weighted by Crippen LogP contribution is 2.37. The molecular formula is C25H25N3OS. The van der Waals surface area contributed by atoms with E-state index in [0.29, 0.717) is 5.11 Å². The second-order valence-corrected chi connectivity index (χ2v) is 8.08. The van der Waals surface area contributed by atoms with Gasteiger partial charge in [-0.25, -0.2) is 0 Å². The van der Waals surface area contributed by atoms with Gasteiger partial charge >= 0.3 is 0 Å². The van der Waals surface area contributed by atoms with Crippen molar-refractivity contribution in [3.05, 3.63) is 96.1 Å². The van der Waals surface area contributed by atoms with Gasteiger partial charge in [-0.05, 0) is 49.3 Å². The average Bonchev–Trinajstić information content (AvgIpc) is 3.00. The number of nitrogens with zero attached hydrogens (tertiary/aromatic N) is 2. The first-order valence-electron chi connectivity index (χ1n) is 9.95. The molecule has 152 valence electrons. The van der Waals surface area contributed by atoms with E-state index >= 15 is 0 Å². The summed E-state index contributed by atoms with van der Waals surface area (Å²) < 4.78 is 5.59. The average molecular weight is 416 g/mol. The Kier molecular flexibility index (Phi) is 5.55. The molecule has 0 saturated carbocycles. The van der Waals surface area contributed by atoms with Crippen LogP contribution in [0.4, 0.5) is 5.69 Å². The van der Waals surface area contributed by atoms with E-state index in [0.717, 1.165) is 28.4 Å². The van der Waals surface area contributed by atoms with Gasteiger partial charge in [-0.2, -0.15) is 0 Å².